The van der Waals surface area contributed by atoms with Crippen LogP contribution in [0, 0.1) is 0 Å². The summed E-state index contributed by atoms with van der Waals surface area (Å²) < 4.78 is 0. The predicted octanol–water partition coefficient (Wildman–Crippen LogP) is 3.67. The van der Waals surface area contributed by atoms with Gasteiger partial charge in [-0.2, -0.15) is 0 Å². The molecule has 0 fully saturated rings. The summed E-state index contributed by atoms with van der Waals surface area (Å²) in [5, 5.41) is 2.73. The molecule has 78 valence electrons. The molecule has 1 aromatic carbocycles. The summed E-state index contributed by atoms with van der Waals surface area (Å²) in [5.74, 6) is 0.803. The molecule has 0 atom stereocenters. The lowest BCUT2D eigenvalue weighted by molar-refractivity contribution is 1.23. The highest BCUT2D eigenvalue weighted by atomic mass is 35.5. The lowest BCUT2D eigenvalue weighted by Gasteiger charge is -2.05. The molecule has 0 aliphatic rings. The average Bonchev–Trinajstić information content (AvgIpc) is 2.70. The molecule has 2 N–H and O–H groups in total. The second-order valence-corrected chi connectivity index (χ2v) is 5.04. The molecular formula is C10H9ClN2S2. The van der Waals surface area contributed by atoms with Crippen LogP contribution in [0.5, 0.6) is 0 Å². The first-order chi connectivity index (χ1) is 7.27. The van der Waals surface area contributed by atoms with E-state index < -0.39 is 0 Å². The Morgan fingerprint density at radius 1 is 1.47 bits per heavy atom. The van der Waals surface area contributed by atoms with Crippen LogP contribution in [0.4, 0.5) is 5.69 Å². The first-order valence-corrected chi connectivity index (χ1v) is 6.62. The van der Waals surface area contributed by atoms with Crippen LogP contribution in [-0.2, 0) is 5.75 Å². The van der Waals surface area contributed by atoms with Crippen molar-refractivity contribution in [2.24, 2.45) is 0 Å². The Kier molecular flexibility index (Phi) is 3.51. The van der Waals surface area contributed by atoms with E-state index in [1.807, 2.05) is 29.1 Å². The van der Waals surface area contributed by atoms with E-state index in [0.29, 0.717) is 5.02 Å². The zero-order valence-electron chi connectivity index (χ0n) is 7.81. The van der Waals surface area contributed by atoms with Crippen molar-refractivity contribution >= 4 is 40.4 Å². The number of anilines is 1. The maximum Gasteiger partial charge on any atom is 0.0795 e. The molecule has 0 aliphatic heterocycles. The van der Waals surface area contributed by atoms with Gasteiger partial charge in [-0.1, -0.05) is 17.7 Å². The van der Waals surface area contributed by atoms with E-state index >= 15 is 0 Å². The van der Waals surface area contributed by atoms with E-state index in [-0.39, 0.29) is 0 Å². The van der Waals surface area contributed by atoms with E-state index in [0.717, 1.165) is 22.0 Å². The van der Waals surface area contributed by atoms with Gasteiger partial charge in [0.1, 0.15) is 0 Å². The van der Waals surface area contributed by atoms with Crippen molar-refractivity contribution in [1.82, 2.24) is 4.98 Å². The molecule has 2 rings (SSSR count). The van der Waals surface area contributed by atoms with Crippen LogP contribution in [0.1, 0.15) is 5.69 Å². The highest BCUT2D eigenvalue weighted by molar-refractivity contribution is 7.98. The standard InChI is InChI=1S/C10H9ClN2S2/c11-8-2-1-3-9(12)10(8)15-5-7-4-14-6-13-7/h1-4,6H,5,12H2. The quantitative estimate of drug-likeness (QED) is 0.673. The Bertz CT molecular complexity index is 422. The van der Waals surface area contributed by atoms with Gasteiger partial charge in [0.15, 0.2) is 0 Å². The summed E-state index contributed by atoms with van der Waals surface area (Å²) >= 11 is 9.26. The Morgan fingerprint density at radius 2 is 2.33 bits per heavy atom. The van der Waals surface area contributed by atoms with Gasteiger partial charge in [-0.15, -0.1) is 23.1 Å². The zero-order valence-corrected chi connectivity index (χ0v) is 10.2. The Hall–Kier alpha value is -0.710. The third kappa shape index (κ3) is 2.65. The fourth-order valence-electron chi connectivity index (χ4n) is 1.13. The van der Waals surface area contributed by atoms with Crippen molar-refractivity contribution in [3.63, 3.8) is 0 Å². The van der Waals surface area contributed by atoms with Gasteiger partial charge in [-0.25, -0.2) is 4.98 Å². The first kappa shape index (κ1) is 10.8. The maximum absolute atomic E-state index is 6.05. The summed E-state index contributed by atoms with van der Waals surface area (Å²) in [5.41, 5.74) is 9.45. The molecule has 0 bridgehead atoms. The number of benzene rings is 1. The van der Waals surface area contributed by atoms with Crippen LogP contribution in [0.2, 0.25) is 5.02 Å². The fraction of sp³-hybridized carbons (Fsp3) is 0.100. The van der Waals surface area contributed by atoms with Gasteiger partial charge in [-0.05, 0) is 12.1 Å². The third-order valence-corrected chi connectivity index (χ3v) is 4.09. The molecular weight excluding hydrogens is 248 g/mol. The smallest absolute Gasteiger partial charge is 0.0795 e. The normalized spacial score (nSPS) is 10.5. The van der Waals surface area contributed by atoms with Crippen LogP contribution in [0.25, 0.3) is 0 Å². The number of nitrogens with zero attached hydrogens (tertiary/aromatic N) is 1. The van der Waals surface area contributed by atoms with Gasteiger partial charge in [0.25, 0.3) is 0 Å². The second-order valence-electron chi connectivity index (χ2n) is 2.93. The topological polar surface area (TPSA) is 38.9 Å². The van der Waals surface area contributed by atoms with Crippen molar-refractivity contribution in [3.8, 4) is 0 Å². The monoisotopic (exact) mass is 256 g/mol. The molecule has 15 heavy (non-hydrogen) atoms. The minimum absolute atomic E-state index is 0.704. The van der Waals surface area contributed by atoms with E-state index in [2.05, 4.69) is 4.98 Å². The van der Waals surface area contributed by atoms with Crippen LogP contribution in [-0.4, -0.2) is 4.98 Å². The lowest BCUT2D eigenvalue weighted by Crippen LogP contribution is -1.89. The van der Waals surface area contributed by atoms with Crippen molar-refractivity contribution in [1.29, 1.82) is 0 Å². The number of halogens is 1. The molecule has 2 nitrogen and oxygen atoms in total. The average molecular weight is 257 g/mol. The van der Waals surface area contributed by atoms with E-state index in [1.165, 1.54) is 0 Å². The Morgan fingerprint density at radius 3 is 3.00 bits per heavy atom. The second kappa shape index (κ2) is 4.88. The molecule has 0 aliphatic carbocycles. The number of nitrogens with two attached hydrogens (primary N) is 1. The van der Waals surface area contributed by atoms with Gasteiger partial charge in [0.2, 0.25) is 0 Å². The summed E-state index contributed by atoms with van der Waals surface area (Å²) in [6, 6.07) is 5.56. The molecule has 0 amide bonds. The number of thiazole rings is 1. The van der Waals surface area contributed by atoms with Gasteiger partial charge in [0, 0.05) is 21.7 Å². The third-order valence-electron chi connectivity index (χ3n) is 1.85. The van der Waals surface area contributed by atoms with Crippen LogP contribution >= 0.6 is 34.7 Å². The first-order valence-electron chi connectivity index (χ1n) is 4.31. The molecule has 1 aromatic heterocycles. The van der Waals surface area contributed by atoms with Gasteiger partial charge >= 0.3 is 0 Å². The predicted molar refractivity (Wildman–Crippen MR) is 67.5 cm³/mol. The van der Waals surface area contributed by atoms with Crippen molar-refractivity contribution < 1.29 is 0 Å². The lowest BCUT2D eigenvalue weighted by atomic mass is 10.3. The summed E-state index contributed by atoms with van der Waals surface area (Å²) in [6.07, 6.45) is 0. The van der Waals surface area contributed by atoms with Crippen LogP contribution in [0.15, 0.2) is 34.0 Å². The number of thioether (sulfide) groups is 1. The number of rotatable bonds is 3. The zero-order chi connectivity index (χ0) is 10.7. The molecule has 0 spiro atoms. The van der Waals surface area contributed by atoms with Crippen LogP contribution in [0.3, 0.4) is 0 Å². The SMILES string of the molecule is Nc1cccc(Cl)c1SCc1cscn1. The van der Waals surface area contributed by atoms with Crippen molar-refractivity contribution in [2.75, 3.05) is 5.73 Å². The van der Waals surface area contributed by atoms with Gasteiger partial charge < -0.3 is 5.73 Å². The molecule has 2 aromatic rings. The highest BCUT2D eigenvalue weighted by Crippen LogP contribution is 2.34. The molecule has 0 radical (unpaired) electrons. The van der Waals surface area contributed by atoms with Crippen molar-refractivity contribution in [2.45, 2.75) is 10.6 Å². The van der Waals surface area contributed by atoms with E-state index in [4.69, 9.17) is 17.3 Å². The Balaban J connectivity index is 2.11. The largest absolute Gasteiger partial charge is 0.398 e. The van der Waals surface area contributed by atoms with Crippen LogP contribution < -0.4 is 5.73 Å². The molecule has 5 heteroatoms. The fourth-order valence-corrected chi connectivity index (χ4v) is 3.03. The Labute approximate surface area is 101 Å². The van der Waals surface area contributed by atoms with E-state index in [9.17, 15) is 0 Å². The number of nitrogen functional groups attached to an aromatic ring is 1. The number of hydrogen-bond donors (Lipinski definition) is 1. The summed E-state index contributed by atoms with van der Waals surface area (Å²) in [4.78, 5) is 5.14. The molecule has 0 saturated heterocycles. The summed E-state index contributed by atoms with van der Waals surface area (Å²) in [7, 11) is 0. The number of hydrogen-bond acceptors (Lipinski definition) is 4. The van der Waals surface area contributed by atoms with Gasteiger partial charge in [-0.3, -0.25) is 0 Å². The molecule has 0 unspecified atom stereocenters. The minimum Gasteiger partial charge on any atom is -0.398 e. The van der Waals surface area contributed by atoms with E-state index in [1.54, 1.807) is 23.1 Å². The molecule has 0 saturated carbocycles. The molecule has 1 heterocycles. The van der Waals surface area contributed by atoms with Gasteiger partial charge in [0.05, 0.1) is 16.2 Å². The van der Waals surface area contributed by atoms with Crippen molar-refractivity contribution in [3.05, 3.63) is 39.8 Å². The number of aromatic nitrogens is 1. The summed E-state index contributed by atoms with van der Waals surface area (Å²) in [6.45, 7) is 0. The minimum atomic E-state index is 0.704. The highest BCUT2D eigenvalue weighted by Gasteiger charge is 2.05. The maximum atomic E-state index is 6.05.